The number of hydrogen-bond donors (Lipinski definition) is 1. The van der Waals surface area contributed by atoms with Crippen molar-refractivity contribution >= 4 is 22.8 Å². The summed E-state index contributed by atoms with van der Waals surface area (Å²) >= 11 is 0. The van der Waals surface area contributed by atoms with E-state index < -0.39 is 17.2 Å². The first-order valence-electron chi connectivity index (χ1n) is 7.74. The lowest BCUT2D eigenvalue weighted by Crippen LogP contribution is -2.38. The zero-order valence-electron chi connectivity index (χ0n) is 14.5. The highest BCUT2D eigenvalue weighted by molar-refractivity contribution is 5.98. The topological polar surface area (TPSA) is 116 Å². The van der Waals surface area contributed by atoms with Crippen LogP contribution in [0, 0.1) is 0 Å². The average Bonchev–Trinajstić information content (AvgIpc) is 3.07. The number of carbonyl (C=O) groups is 1. The lowest BCUT2D eigenvalue weighted by atomic mass is 10.2. The number of aromatic nitrogens is 5. The van der Waals surface area contributed by atoms with Crippen molar-refractivity contribution in [3.05, 3.63) is 57.3 Å². The molecule has 3 aromatic heterocycles. The molecule has 0 saturated heterocycles. The van der Waals surface area contributed by atoms with Gasteiger partial charge in [-0.15, -0.1) is 0 Å². The maximum absolute atomic E-state index is 12.3. The molecule has 0 unspecified atom stereocenters. The van der Waals surface area contributed by atoms with E-state index in [4.69, 9.17) is 0 Å². The number of aryl methyl sites for hydroxylation is 1. The summed E-state index contributed by atoms with van der Waals surface area (Å²) < 4.78 is 3.63. The van der Waals surface area contributed by atoms with Crippen molar-refractivity contribution in [2.45, 2.75) is 13.5 Å². The fourth-order valence-corrected chi connectivity index (χ4v) is 2.49. The molecular weight excluding hydrogens is 338 g/mol. The van der Waals surface area contributed by atoms with Crippen molar-refractivity contribution in [2.75, 3.05) is 0 Å². The highest BCUT2D eigenvalue weighted by atomic mass is 16.2. The van der Waals surface area contributed by atoms with Crippen LogP contribution in [-0.4, -0.2) is 35.3 Å². The molecular formula is C16H17N7O3. The Hall–Kier alpha value is -3.56. The van der Waals surface area contributed by atoms with Crippen molar-refractivity contribution in [1.82, 2.24) is 29.1 Å². The Morgan fingerprint density at radius 1 is 1.27 bits per heavy atom. The molecule has 1 amide bonds. The minimum absolute atomic E-state index is 0.159. The largest absolute Gasteiger partial charge is 0.332 e. The number of carbonyl (C=O) groups excluding carboxylic acids is 1. The van der Waals surface area contributed by atoms with Crippen LogP contribution in [-0.2, 0) is 25.4 Å². The van der Waals surface area contributed by atoms with E-state index in [9.17, 15) is 14.4 Å². The van der Waals surface area contributed by atoms with E-state index in [2.05, 4.69) is 20.5 Å². The average molecular weight is 355 g/mol. The summed E-state index contributed by atoms with van der Waals surface area (Å²) in [6, 6.07) is 3.60. The lowest BCUT2D eigenvalue weighted by Gasteiger charge is -2.06. The molecule has 0 aliphatic rings. The standard InChI is InChI=1S/C16H17N7O3/c1-10(11-5-4-6-17-7-11)19-20-12(24)8-23-9-18-14-13(23)15(25)22(3)16(26)21(14)2/h4-7,9H,8H2,1-3H3,(H,20,24)/b19-10+. The predicted octanol–water partition coefficient (Wildman–Crippen LogP) is -0.631. The molecule has 134 valence electrons. The maximum Gasteiger partial charge on any atom is 0.332 e. The van der Waals surface area contributed by atoms with Crippen LogP contribution in [0.1, 0.15) is 12.5 Å². The predicted molar refractivity (Wildman–Crippen MR) is 94.8 cm³/mol. The molecule has 3 heterocycles. The summed E-state index contributed by atoms with van der Waals surface area (Å²) in [5.41, 5.74) is 3.23. The number of rotatable bonds is 4. The lowest BCUT2D eigenvalue weighted by molar-refractivity contribution is -0.121. The normalized spacial score (nSPS) is 11.7. The molecule has 0 radical (unpaired) electrons. The highest BCUT2D eigenvalue weighted by Gasteiger charge is 2.15. The molecule has 10 nitrogen and oxygen atoms in total. The van der Waals surface area contributed by atoms with Gasteiger partial charge in [0.2, 0.25) is 0 Å². The van der Waals surface area contributed by atoms with Gasteiger partial charge in [-0.3, -0.25) is 23.7 Å². The Kier molecular flexibility index (Phi) is 4.48. The van der Waals surface area contributed by atoms with Gasteiger partial charge < -0.3 is 4.57 Å². The molecule has 0 atom stereocenters. The van der Waals surface area contributed by atoms with Crippen LogP contribution in [0.4, 0.5) is 0 Å². The minimum Gasteiger partial charge on any atom is -0.315 e. The Balaban J connectivity index is 1.85. The van der Waals surface area contributed by atoms with Gasteiger partial charge >= 0.3 is 5.69 Å². The van der Waals surface area contributed by atoms with Gasteiger partial charge in [-0.2, -0.15) is 5.10 Å². The highest BCUT2D eigenvalue weighted by Crippen LogP contribution is 2.05. The van der Waals surface area contributed by atoms with Gasteiger partial charge in [-0.1, -0.05) is 6.07 Å². The molecule has 1 N–H and O–H groups in total. The van der Waals surface area contributed by atoms with Gasteiger partial charge in [0.1, 0.15) is 6.54 Å². The number of pyridine rings is 1. The first-order valence-corrected chi connectivity index (χ1v) is 7.74. The first-order chi connectivity index (χ1) is 12.4. The molecule has 3 aromatic rings. The van der Waals surface area contributed by atoms with E-state index in [0.717, 1.165) is 10.1 Å². The number of imidazole rings is 1. The van der Waals surface area contributed by atoms with Crippen molar-refractivity contribution in [3.8, 4) is 0 Å². The maximum atomic E-state index is 12.3. The third-order valence-corrected chi connectivity index (χ3v) is 3.96. The number of hydrazone groups is 1. The Bertz CT molecular complexity index is 1120. The summed E-state index contributed by atoms with van der Waals surface area (Å²) in [5, 5.41) is 4.03. The number of nitrogens with one attached hydrogen (secondary N) is 1. The van der Waals surface area contributed by atoms with E-state index in [1.54, 1.807) is 25.4 Å². The van der Waals surface area contributed by atoms with Crippen LogP contribution >= 0.6 is 0 Å². The molecule has 0 aliphatic carbocycles. The number of nitrogens with zero attached hydrogens (tertiary/aromatic N) is 6. The Morgan fingerprint density at radius 2 is 2.04 bits per heavy atom. The SMILES string of the molecule is C/C(=N\NC(=O)Cn1cnc2c1c(=O)n(C)c(=O)n2C)c1cccnc1. The second-order valence-electron chi connectivity index (χ2n) is 5.72. The van der Waals surface area contributed by atoms with Crippen molar-refractivity contribution in [1.29, 1.82) is 0 Å². The van der Waals surface area contributed by atoms with Crippen LogP contribution in [0.25, 0.3) is 11.2 Å². The van der Waals surface area contributed by atoms with Gasteiger partial charge in [-0.25, -0.2) is 15.2 Å². The molecule has 0 aromatic carbocycles. The van der Waals surface area contributed by atoms with E-state index in [0.29, 0.717) is 5.71 Å². The van der Waals surface area contributed by atoms with Gasteiger partial charge in [0.25, 0.3) is 11.5 Å². The number of fused-ring (bicyclic) bond motifs is 1. The fourth-order valence-electron chi connectivity index (χ4n) is 2.49. The number of amides is 1. The van der Waals surface area contributed by atoms with Crippen LogP contribution < -0.4 is 16.7 Å². The minimum atomic E-state index is -0.511. The van der Waals surface area contributed by atoms with Crippen molar-refractivity contribution < 1.29 is 4.79 Å². The zero-order valence-corrected chi connectivity index (χ0v) is 14.5. The van der Waals surface area contributed by atoms with Crippen molar-refractivity contribution in [2.24, 2.45) is 19.2 Å². The second kappa shape index (κ2) is 6.75. The van der Waals surface area contributed by atoms with Gasteiger partial charge in [-0.05, 0) is 13.0 Å². The summed E-state index contributed by atoms with van der Waals surface area (Å²) in [7, 11) is 2.89. The van der Waals surface area contributed by atoms with Crippen LogP contribution in [0.5, 0.6) is 0 Å². The van der Waals surface area contributed by atoms with Gasteiger partial charge in [0.05, 0.1) is 12.0 Å². The molecule has 0 spiro atoms. The summed E-state index contributed by atoms with van der Waals surface area (Å²) in [4.78, 5) is 44.5. The first kappa shape index (κ1) is 17.3. The number of hydrogen-bond acceptors (Lipinski definition) is 6. The van der Waals surface area contributed by atoms with E-state index in [-0.39, 0.29) is 17.7 Å². The van der Waals surface area contributed by atoms with E-state index in [1.807, 2.05) is 6.07 Å². The molecule has 0 bridgehead atoms. The molecule has 0 saturated carbocycles. The Labute approximate surface area is 147 Å². The smallest absolute Gasteiger partial charge is 0.315 e. The molecule has 26 heavy (non-hydrogen) atoms. The second-order valence-corrected chi connectivity index (χ2v) is 5.72. The molecule has 0 fully saturated rings. The third kappa shape index (κ3) is 3.04. The monoisotopic (exact) mass is 355 g/mol. The summed E-state index contributed by atoms with van der Waals surface area (Å²) in [6.45, 7) is 1.59. The van der Waals surface area contributed by atoms with Gasteiger partial charge in [0.15, 0.2) is 11.2 Å². The van der Waals surface area contributed by atoms with Gasteiger partial charge in [0, 0.05) is 32.1 Å². The van der Waals surface area contributed by atoms with Crippen molar-refractivity contribution in [3.63, 3.8) is 0 Å². The van der Waals surface area contributed by atoms with E-state index in [1.165, 1.54) is 29.6 Å². The third-order valence-electron chi connectivity index (χ3n) is 3.96. The zero-order chi connectivity index (χ0) is 18.8. The molecule has 3 rings (SSSR count). The fraction of sp³-hybridized carbons (Fsp3) is 0.250. The molecule has 10 heteroatoms. The van der Waals surface area contributed by atoms with Crippen LogP contribution in [0.2, 0.25) is 0 Å². The van der Waals surface area contributed by atoms with Crippen LogP contribution in [0.3, 0.4) is 0 Å². The quantitative estimate of drug-likeness (QED) is 0.494. The summed E-state index contributed by atoms with van der Waals surface area (Å²) in [6.07, 6.45) is 4.63. The Morgan fingerprint density at radius 3 is 2.73 bits per heavy atom. The molecule has 0 aliphatic heterocycles. The van der Waals surface area contributed by atoms with E-state index >= 15 is 0 Å². The summed E-state index contributed by atoms with van der Waals surface area (Å²) in [5.74, 6) is -0.427. The van der Waals surface area contributed by atoms with Crippen LogP contribution in [0.15, 0.2) is 45.5 Å².